The summed E-state index contributed by atoms with van der Waals surface area (Å²) in [5.41, 5.74) is 10.7. The predicted octanol–water partition coefficient (Wildman–Crippen LogP) is 3.18. The molecule has 0 spiro atoms. The summed E-state index contributed by atoms with van der Waals surface area (Å²) in [6.07, 6.45) is 1.87. The third-order valence-electron chi connectivity index (χ3n) is 6.11. The number of benzene rings is 1. The van der Waals surface area contributed by atoms with Crippen molar-refractivity contribution < 1.29 is 14.3 Å². The van der Waals surface area contributed by atoms with E-state index in [0.717, 1.165) is 45.7 Å². The number of rotatable bonds is 7. The number of methoxy groups -OCH3 is 1. The second kappa shape index (κ2) is 9.31. The second-order valence-corrected chi connectivity index (χ2v) is 9.45. The molecule has 4 heterocycles. The maximum atomic E-state index is 12.1. The first-order valence-corrected chi connectivity index (χ1v) is 12.0. The monoisotopic (exact) mass is 539 g/mol. The van der Waals surface area contributed by atoms with Crippen molar-refractivity contribution in [2.24, 2.45) is 7.05 Å². The molecule has 0 radical (unpaired) electrons. The van der Waals surface area contributed by atoms with Crippen LogP contribution in [0.4, 0.5) is 11.8 Å². The van der Waals surface area contributed by atoms with E-state index in [-0.39, 0.29) is 6.10 Å². The summed E-state index contributed by atoms with van der Waals surface area (Å²) >= 11 is 3.51. The van der Waals surface area contributed by atoms with Crippen LogP contribution in [0.3, 0.4) is 0 Å². The molecule has 0 amide bonds. The van der Waals surface area contributed by atoms with Crippen molar-refractivity contribution in [2.45, 2.75) is 19.6 Å². The van der Waals surface area contributed by atoms with E-state index in [1.165, 1.54) is 7.11 Å². The van der Waals surface area contributed by atoms with Crippen molar-refractivity contribution >= 4 is 44.7 Å². The number of carbonyl (C=O) groups excluding carboxylic acids is 1. The maximum Gasteiger partial charge on any atom is 0.337 e. The summed E-state index contributed by atoms with van der Waals surface area (Å²) in [5.74, 6) is 1.03. The Morgan fingerprint density at radius 3 is 2.80 bits per heavy atom. The number of pyridine rings is 1. The van der Waals surface area contributed by atoms with Crippen LogP contribution in [0, 0.1) is 6.92 Å². The van der Waals surface area contributed by atoms with Gasteiger partial charge in [-0.05, 0) is 37.3 Å². The molecule has 2 N–H and O–H groups in total. The molecule has 1 aliphatic rings. The normalized spacial score (nSPS) is 13.9. The topological polar surface area (TPSA) is 113 Å². The van der Waals surface area contributed by atoms with Crippen LogP contribution in [-0.4, -0.2) is 63.2 Å². The van der Waals surface area contributed by atoms with Crippen molar-refractivity contribution in [3.63, 3.8) is 0 Å². The molecular formula is C24H26BrN7O3. The summed E-state index contributed by atoms with van der Waals surface area (Å²) in [5, 5.41) is 4.44. The summed E-state index contributed by atoms with van der Waals surface area (Å²) < 4.78 is 15.8. The lowest BCUT2D eigenvalue weighted by Gasteiger charge is -2.40. The Kier molecular flexibility index (Phi) is 6.20. The summed E-state index contributed by atoms with van der Waals surface area (Å²) in [6, 6.07) is 9.37. The number of nitrogens with two attached hydrogens (primary N) is 1. The van der Waals surface area contributed by atoms with Crippen LogP contribution in [0.5, 0.6) is 0 Å². The Bertz CT molecular complexity index is 1410. The minimum Gasteiger partial charge on any atom is -0.465 e. The molecule has 0 unspecified atom stereocenters. The highest BCUT2D eigenvalue weighted by Gasteiger charge is 2.32. The number of nitrogens with zero attached hydrogens (tertiary/aromatic N) is 6. The van der Waals surface area contributed by atoms with Gasteiger partial charge in [0.25, 0.3) is 0 Å². The van der Waals surface area contributed by atoms with E-state index in [2.05, 4.69) is 35.9 Å². The van der Waals surface area contributed by atoms with Crippen LogP contribution in [0.25, 0.3) is 22.3 Å². The molecule has 5 rings (SSSR count). The van der Waals surface area contributed by atoms with E-state index in [9.17, 15) is 4.79 Å². The van der Waals surface area contributed by atoms with Crippen LogP contribution >= 0.6 is 15.9 Å². The first kappa shape index (κ1) is 23.3. The minimum atomic E-state index is -0.390. The first-order chi connectivity index (χ1) is 16.8. The van der Waals surface area contributed by atoms with E-state index in [1.807, 2.05) is 41.4 Å². The SMILES string of the molecule is COC(=O)c1cc(C)nc(-c2cnn(C)c2N2CC(OCCn3c(N)nc4ccc(Br)cc43)C2)c1. The van der Waals surface area contributed by atoms with E-state index in [0.29, 0.717) is 30.4 Å². The molecule has 10 nitrogen and oxygen atoms in total. The number of imidazole rings is 1. The molecule has 35 heavy (non-hydrogen) atoms. The number of nitrogen functional groups attached to an aromatic ring is 1. The number of esters is 1. The van der Waals surface area contributed by atoms with Crippen LogP contribution in [0.15, 0.2) is 41.0 Å². The molecular weight excluding hydrogens is 514 g/mol. The zero-order chi connectivity index (χ0) is 24.7. The van der Waals surface area contributed by atoms with Crippen molar-refractivity contribution in [1.82, 2.24) is 24.3 Å². The number of aromatic nitrogens is 5. The fraction of sp³-hybridized carbons (Fsp3) is 0.333. The lowest BCUT2D eigenvalue weighted by atomic mass is 10.1. The van der Waals surface area contributed by atoms with E-state index in [4.69, 9.17) is 15.2 Å². The maximum absolute atomic E-state index is 12.1. The fourth-order valence-electron chi connectivity index (χ4n) is 4.41. The van der Waals surface area contributed by atoms with Gasteiger partial charge in [-0.3, -0.25) is 9.67 Å². The Balaban J connectivity index is 1.25. The van der Waals surface area contributed by atoms with Gasteiger partial charge in [-0.15, -0.1) is 0 Å². The molecule has 1 saturated heterocycles. The Morgan fingerprint density at radius 2 is 2.03 bits per heavy atom. The highest BCUT2D eigenvalue weighted by atomic mass is 79.9. The van der Waals surface area contributed by atoms with Crippen LogP contribution in [0.1, 0.15) is 16.1 Å². The molecule has 182 valence electrons. The van der Waals surface area contributed by atoms with Crippen molar-refractivity contribution in [1.29, 1.82) is 0 Å². The number of carbonyl (C=O) groups is 1. The molecule has 0 bridgehead atoms. The number of aryl methyl sites for hydroxylation is 2. The summed E-state index contributed by atoms with van der Waals surface area (Å²) in [6.45, 7) is 4.47. The Labute approximate surface area is 210 Å². The highest BCUT2D eigenvalue weighted by Crippen LogP contribution is 2.33. The molecule has 1 fully saturated rings. The van der Waals surface area contributed by atoms with Gasteiger partial charge in [0, 0.05) is 36.8 Å². The first-order valence-electron chi connectivity index (χ1n) is 11.2. The standard InChI is InChI=1S/C24H26BrN7O3/c1-14-8-15(23(33)34-3)9-20(28-14)18-11-27-30(2)22(18)31-12-17(13-31)35-7-6-32-21-10-16(25)4-5-19(21)29-24(32)26/h4-5,8-11,17H,6-7,12-13H2,1-3H3,(H2,26,29). The molecule has 0 atom stereocenters. The van der Waals surface area contributed by atoms with Crippen LogP contribution in [0.2, 0.25) is 0 Å². The molecule has 3 aromatic heterocycles. The average Bonchev–Trinajstić information content (AvgIpc) is 3.33. The molecule has 1 aliphatic heterocycles. The predicted molar refractivity (Wildman–Crippen MR) is 136 cm³/mol. The van der Waals surface area contributed by atoms with E-state index >= 15 is 0 Å². The quantitative estimate of drug-likeness (QED) is 0.356. The fourth-order valence-corrected chi connectivity index (χ4v) is 4.75. The van der Waals surface area contributed by atoms with Crippen molar-refractivity contribution in [3.05, 3.63) is 52.3 Å². The smallest absolute Gasteiger partial charge is 0.337 e. The van der Waals surface area contributed by atoms with Crippen LogP contribution < -0.4 is 10.6 Å². The molecule has 11 heteroatoms. The molecule has 0 saturated carbocycles. The van der Waals surface area contributed by atoms with Crippen molar-refractivity contribution in [2.75, 3.05) is 37.4 Å². The summed E-state index contributed by atoms with van der Waals surface area (Å²) in [4.78, 5) is 23.3. The minimum absolute atomic E-state index is 0.0941. The van der Waals surface area contributed by atoms with Gasteiger partial charge in [0.1, 0.15) is 5.82 Å². The molecule has 4 aromatic rings. The zero-order valence-corrected chi connectivity index (χ0v) is 21.3. The van der Waals surface area contributed by atoms with Gasteiger partial charge in [0.2, 0.25) is 5.95 Å². The Hall–Kier alpha value is -3.44. The highest BCUT2D eigenvalue weighted by molar-refractivity contribution is 9.10. The number of anilines is 2. The van der Waals surface area contributed by atoms with Gasteiger partial charge in [0.05, 0.1) is 53.9 Å². The lowest BCUT2D eigenvalue weighted by Crippen LogP contribution is -2.53. The second-order valence-electron chi connectivity index (χ2n) is 8.53. The van der Waals surface area contributed by atoms with Gasteiger partial charge < -0.3 is 24.7 Å². The molecule has 0 aliphatic carbocycles. The lowest BCUT2D eigenvalue weighted by molar-refractivity contribution is 0.0297. The number of ether oxygens (including phenoxy) is 2. The third-order valence-corrected chi connectivity index (χ3v) is 6.61. The van der Waals surface area contributed by atoms with Gasteiger partial charge in [-0.25, -0.2) is 9.78 Å². The third kappa shape index (κ3) is 4.48. The number of hydrogen-bond donors (Lipinski definition) is 1. The summed E-state index contributed by atoms with van der Waals surface area (Å²) in [7, 11) is 3.27. The molecule has 1 aromatic carbocycles. The van der Waals surface area contributed by atoms with E-state index in [1.54, 1.807) is 18.3 Å². The van der Waals surface area contributed by atoms with Gasteiger partial charge >= 0.3 is 5.97 Å². The van der Waals surface area contributed by atoms with Gasteiger partial charge in [-0.2, -0.15) is 5.10 Å². The number of hydrogen-bond acceptors (Lipinski definition) is 8. The zero-order valence-electron chi connectivity index (χ0n) is 19.7. The average molecular weight is 540 g/mol. The van der Waals surface area contributed by atoms with Crippen molar-refractivity contribution in [3.8, 4) is 11.3 Å². The van der Waals surface area contributed by atoms with E-state index < -0.39 is 5.97 Å². The number of halogens is 1. The van der Waals surface area contributed by atoms with Crippen LogP contribution in [-0.2, 0) is 23.1 Å². The Morgan fingerprint density at radius 1 is 1.23 bits per heavy atom. The van der Waals surface area contributed by atoms with Gasteiger partial charge in [-0.1, -0.05) is 15.9 Å². The largest absolute Gasteiger partial charge is 0.465 e. The number of fused-ring (bicyclic) bond motifs is 1. The van der Waals surface area contributed by atoms with Gasteiger partial charge in [0.15, 0.2) is 0 Å².